The number of pyridine rings is 1. The minimum Gasteiger partial charge on any atom is -0.397 e. The maximum Gasteiger partial charge on any atom is 0.0715 e. The number of thioether (sulfide) groups is 1. The van der Waals surface area contributed by atoms with Crippen LogP contribution >= 0.6 is 27.7 Å². The van der Waals surface area contributed by atoms with E-state index in [9.17, 15) is 0 Å². The van der Waals surface area contributed by atoms with E-state index in [-0.39, 0.29) is 0 Å². The summed E-state index contributed by atoms with van der Waals surface area (Å²) in [6, 6.07) is 6.18. The number of halogens is 1. The standard InChI is InChI=1S/C14H15BrN2S/c15-9-5-6-13-11(7-9)14(12(16)8-17-13)18-10-3-1-2-4-10/h5-8,10H,1-4,16H2. The molecule has 0 amide bonds. The van der Waals surface area contributed by atoms with Gasteiger partial charge in [-0.15, -0.1) is 11.8 Å². The third kappa shape index (κ3) is 2.36. The summed E-state index contributed by atoms with van der Waals surface area (Å²) in [4.78, 5) is 5.60. The summed E-state index contributed by atoms with van der Waals surface area (Å²) < 4.78 is 1.08. The first-order chi connectivity index (χ1) is 8.74. The maximum absolute atomic E-state index is 6.12. The van der Waals surface area contributed by atoms with Crippen molar-refractivity contribution in [1.29, 1.82) is 0 Å². The summed E-state index contributed by atoms with van der Waals surface area (Å²) in [6.45, 7) is 0. The molecule has 1 saturated carbocycles. The van der Waals surface area contributed by atoms with Crippen molar-refractivity contribution in [1.82, 2.24) is 4.98 Å². The third-order valence-electron chi connectivity index (χ3n) is 3.39. The van der Waals surface area contributed by atoms with Crippen molar-refractivity contribution in [2.45, 2.75) is 35.8 Å². The number of aromatic nitrogens is 1. The van der Waals surface area contributed by atoms with Crippen molar-refractivity contribution >= 4 is 44.3 Å². The molecule has 1 fully saturated rings. The van der Waals surface area contributed by atoms with Gasteiger partial charge < -0.3 is 5.73 Å². The van der Waals surface area contributed by atoms with E-state index in [1.165, 1.54) is 36.0 Å². The van der Waals surface area contributed by atoms with Gasteiger partial charge in [-0.1, -0.05) is 28.8 Å². The van der Waals surface area contributed by atoms with Crippen LogP contribution in [0.5, 0.6) is 0 Å². The summed E-state index contributed by atoms with van der Waals surface area (Å²) in [5.74, 6) is 0. The minimum absolute atomic E-state index is 0.719. The van der Waals surface area contributed by atoms with Crippen LogP contribution in [0.15, 0.2) is 33.8 Å². The first-order valence-corrected chi connectivity index (χ1v) is 7.92. The Morgan fingerprint density at radius 3 is 2.83 bits per heavy atom. The fraction of sp³-hybridized carbons (Fsp3) is 0.357. The molecule has 0 atom stereocenters. The molecule has 1 aliphatic carbocycles. The van der Waals surface area contributed by atoms with Gasteiger partial charge in [-0.25, -0.2) is 0 Å². The smallest absolute Gasteiger partial charge is 0.0715 e. The maximum atomic E-state index is 6.12. The first-order valence-electron chi connectivity index (χ1n) is 6.24. The lowest BCUT2D eigenvalue weighted by atomic mass is 10.2. The molecule has 0 radical (unpaired) electrons. The van der Waals surface area contributed by atoms with Gasteiger partial charge in [0.25, 0.3) is 0 Å². The number of nitrogens with zero attached hydrogens (tertiary/aromatic N) is 1. The van der Waals surface area contributed by atoms with Gasteiger partial charge in [-0.05, 0) is 31.0 Å². The summed E-state index contributed by atoms with van der Waals surface area (Å²) in [7, 11) is 0. The lowest BCUT2D eigenvalue weighted by Gasteiger charge is -2.13. The molecule has 1 aromatic carbocycles. The van der Waals surface area contributed by atoms with E-state index in [0.717, 1.165) is 20.9 Å². The number of hydrogen-bond donors (Lipinski definition) is 1. The molecule has 94 valence electrons. The number of nitrogen functional groups attached to an aromatic ring is 1. The SMILES string of the molecule is Nc1cnc2ccc(Br)cc2c1SC1CCCC1. The van der Waals surface area contributed by atoms with Crippen molar-refractivity contribution in [2.75, 3.05) is 5.73 Å². The normalized spacial score (nSPS) is 16.5. The molecule has 2 N–H and O–H groups in total. The van der Waals surface area contributed by atoms with Gasteiger partial charge in [0.05, 0.1) is 17.4 Å². The molecule has 1 aliphatic rings. The van der Waals surface area contributed by atoms with E-state index in [1.807, 2.05) is 23.9 Å². The molecule has 1 aromatic heterocycles. The number of anilines is 1. The number of benzene rings is 1. The summed E-state index contributed by atoms with van der Waals surface area (Å²) in [5, 5.41) is 1.89. The van der Waals surface area contributed by atoms with Crippen LogP contribution in [-0.4, -0.2) is 10.2 Å². The highest BCUT2D eigenvalue weighted by Crippen LogP contribution is 2.40. The van der Waals surface area contributed by atoms with Crippen LogP contribution in [0.3, 0.4) is 0 Å². The summed E-state index contributed by atoms with van der Waals surface area (Å²) in [5.41, 5.74) is 7.94. The molecule has 0 unspecified atom stereocenters. The van der Waals surface area contributed by atoms with Gasteiger partial charge in [-0.3, -0.25) is 4.98 Å². The summed E-state index contributed by atoms with van der Waals surface area (Å²) in [6.07, 6.45) is 7.10. The van der Waals surface area contributed by atoms with E-state index in [2.05, 4.69) is 27.0 Å². The second-order valence-electron chi connectivity index (χ2n) is 4.73. The van der Waals surface area contributed by atoms with Gasteiger partial charge >= 0.3 is 0 Å². The predicted octanol–water partition coefficient (Wildman–Crippen LogP) is 4.61. The second kappa shape index (κ2) is 5.10. The molecule has 4 heteroatoms. The number of nitrogens with two attached hydrogens (primary N) is 1. The Labute approximate surface area is 119 Å². The van der Waals surface area contributed by atoms with Crippen molar-refractivity contribution in [3.63, 3.8) is 0 Å². The Morgan fingerprint density at radius 2 is 2.06 bits per heavy atom. The van der Waals surface area contributed by atoms with Crippen LogP contribution in [0.25, 0.3) is 10.9 Å². The number of fused-ring (bicyclic) bond motifs is 1. The fourth-order valence-corrected chi connectivity index (χ4v) is 4.20. The molecule has 0 spiro atoms. The van der Waals surface area contributed by atoms with Crippen molar-refractivity contribution < 1.29 is 0 Å². The number of hydrogen-bond acceptors (Lipinski definition) is 3. The van der Waals surface area contributed by atoms with Gasteiger partial charge in [-0.2, -0.15) is 0 Å². The highest BCUT2D eigenvalue weighted by molar-refractivity contribution is 9.10. The zero-order valence-corrected chi connectivity index (χ0v) is 12.4. The fourth-order valence-electron chi connectivity index (χ4n) is 2.46. The quantitative estimate of drug-likeness (QED) is 0.877. The molecule has 2 nitrogen and oxygen atoms in total. The van der Waals surface area contributed by atoms with Crippen LogP contribution < -0.4 is 5.73 Å². The largest absolute Gasteiger partial charge is 0.397 e. The van der Waals surface area contributed by atoms with E-state index >= 15 is 0 Å². The van der Waals surface area contributed by atoms with Gasteiger partial charge in [0.1, 0.15) is 0 Å². The Balaban J connectivity index is 2.07. The molecule has 0 bridgehead atoms. The second-order valence-corrected chi connectivity index (χ2v) is 6.95. The number of rotatable bonds is 2. The van der Waals surface area contributed by atoms with Gasteiger partial charge in [0, 0.05) is 20.0 Å². The minimum atomic E-state index is 0.719. The van der Waals surface area contributed by atoms with Crippen LogP contribution in [-0.2, 0) is 0 Å². The van der Waals surface area contributed by atoms with Crippen LogP contribution in [0, 0.1) is 0 Å². The zero-order chi connectivity index (χ0) is 12.5. The van der Waals surface area contributed by atoms with Crippen molar-refractivity contribution in [2.24, 2.45) is 0 Å². The Hall–Kier alpha value is -0.740. The van der Waals surface area contributed by atoms with Crippen LogP contribution in [0.2, 0.25) is 0 Å². The molecule has 0 saturated heterocycles. The topological polar surface area (TPSA) is 38.9 Å². The predicted molar refractivity (Wildman–Crippen MR) is 82.0 cm³/mol. The van der Waals surface area contributed by atoms with E-state index in [0.29, 0.717) is 0 Å². The van der Waals surface area contributed by atoms with E-state index in [4.69, 9.17) is 5.73 Å². The third-order valence-corrected chi connectivity index (χ3v) is 5.38. The van der Waals surface area contributed by atoms with Crippen LogP contribution in [0.1, 0.15) is 25.7 Å². The van der Waals surface area contributed by atoms with Gasteiger partial charge in [0.15, 0.2) is 0 Å². The molecule has 18 heavy (non-hydrogen) atoms. The lowest BCUT2D eigenvalue weighted by Crippen LogP contribution is -1.98. The first kappa shape index (κ1) is 12.3. The monoisotopic (exact) mass is 322 g/mol. The highest BCUT2D eigenvalue weighted by Gasteiger charge is 2.19. The average Bonchev–Trinajstić information content (AvgIpc) is 2.86. The molecular weight excluding hydrogens is 308 g/mol. The Bertz CT molecular complexity index is 574. The average molecular weight is 323 g/mol. The molecular formula is C14H15BrN2S. The molecule has 2 aromatic rings. The molecule has 0 aliphatic heterocycles. The zero-order valence-electron chi connectivity index (χ0n) is 10.0. The Morgan fingerprint density at radius 1 is 1.28 bits per heavy atom. The van der Waals surface area contributed by atoms with Crippen LogP contribution in [0.4, 0.5) is 5.69 Å². The summed E-state index contributed by atoms with van der Waals surface area (Å²) >= 11 is 5.46. The molecule has 3 rings (SSSR count). The highest BCUT2D eigenvalue weighted by atomic mass is 79.9. The van der Waals surface area contributed by atoms with Gasteiger partial charge in [0.2, 0.25) is 0 Å². The lowest BCUT2D eigenvalue weighted by molar-refractivity contribution is 0.886. The molecule has 1 heterocycles. The van der Waals surface area contributed by atoms with Crippen molar-refractivity contribution in [3.8, 4) is 0 Å². The Kier molecular flexibility index (Phi) is 3.48. The van der Waals surface area contributed by atoms with E-state index < -0.39 is 0 Å². The van der Waals surface area contributed by atoms with Crippen molar-refractivity contribution in [3.05, 3.63) is 28.9 Å². The van der Waals surface area contributed by atoms with E-state index in [1.54, 1.807) is 6.20 Å².